The Morgan fingerprint density at radius 2 is 2.10 bits per heavy atom. The van der Waals surface area contributed by atoms with E-state index in [4.69, 9.17) is 0 Å². The molecular formula is C17H22NO2-. The van der Waals surface area contributed by atoms with E-state index in [0.29, 0.717) is 23.4 Å². The van der Waals surface area contributed by atoms with E-state index in [9.17, 15) is 9.90 Å². The lowest BCUT2D eigenvalue weighted by atomic mass is 9.61. The number of aromatic carboxylic acids is 1. The Bertz CT molecular complexity index is 550. The molecule has 3 nitrogen and oxygen atoms in total. The Labute approximate surface area is 120 Å². The molecule has 3 rings (SSSR count). The molecule has 0 bridgehead atoms. The van der Waals surface area contributed by atoms with Crippen LogP contribution >= 0.6 is 0 Å². The van der Waals surface area contributed by atoms with Gasteiger partial charge in [0, 0.05) is 17.3 Å². The highest BCUT2D eigenvalue weighted by atomic mass is 16.4. The molecule has 0 radical (unpaired) electrons. The summed E-state index contributed by atoms with van der Waals surface area (Å²) in [5.41, 5.74) is 2.21. The predicted molar refractivity (Wildman–Crippen MR) is 77.7 cm³/mol. The van der Waals surface area contributed by atoms with Crippen LogP contribution in [0.4, 0.5) is 5.69 Å². The number of carbonyl (C=O) groups is 1. The van der Waals surface area contributed by atoms with E-state index in [1.54, 1.807) is 6.07 Å². The van der Waals surface area contributed by atoms with Crippen molar-refractivity contribution in [1.82, 2.24) is 0 Å². The third-order valence-corrected chi connectivity index (χ3v) is 5.35. The molecule has 0 saturated heterocycles. The van der Waals surface area contributed by atoms with E-state index in [1.165, 1.54) is 12.8 Å². The minimum atomic E-state index is -1.09. The number of carbonyl (C=O) groups excluding carboxylic acids is 1. The van der Waals surface area contributed by atoms with Gasteiger partial charge in [-0.1, -0.05) is 45.4 Å². The smallest absolute Gasteiger partial charge is 0.0736 e. The number of para-hydroxylation sites is 1. The fourth-order valence-corrected chi connectivity index (χ4v) is 4.20. The van der Waals surface area contributed by atoms with Crippen LogP contribution in [0.25, 0.3) is 0 Å². The van der Waals surface area contributed by atoms with Crippen molar-refractivity contribution in [2.75, 3.05) is 5.32 Å². The Morgan fingerprint density at radius 1 is 1.35 bits per heavy atom. The van der Waals surface area contributed by atoms with Gasteiger partial charge in [-0.15, -0.1) is 0 Å². The van der Waals surface area contributed by atoms with E-state index in [0.717, 1.165) is 17.7 Å². The van der Waals surface area contributed by atoms with Crippen molar-refractivity contribution in [3.8, 4) is 0 Å². The molecule has 1 heterocycles. The molecule has 2 aliphatic rings. The minimum Gasteiger partial charge on any atom is -0.545 e. The van der Waals surface area contributed by atoms with Gasteiger partial charge in [-0.3, -0.25) is 0 Å². The van der Waals surface area contributed by atoms with Gasteiger partial charge in [-0.25, -0.2) is 0 Å². The summed E-state index contributed by atoms with van der Waals surface area (Å²) in [6, 6.07) is 5.91. The molecule has 1 aliphatic carbocycles. The quantitative estimate of drug-likeness (QED) is 0.855. The number of hydrogen-bond acceptors (Lipinski definition) is 3. The van der Waals surface area contributed by atoms with Crippen molar-refractivity contribution in [3.63, 3.8) is 0 Å². The van der Waals surface area contributed by atoms with Gasteiger partial charge in [-0.05, 0) is 35.7 Å². The lowest BCUT2D eigenvalue weighted by Gasteiger charge is -2.50. The number of carboxylic acid groups (broad SMARTS) is 1. The molecule has 1 aromatic carbocycles. The Morgan fingerprint density at radius 3 is 2.80 bits per heavy atom. The van der Waals surface area contributed by atoms with Gasteiger partial charge in [0.25, 0.3) is 0 Å². The van der Waals surface area contributed by atoms with Gasteiger partial charge in [0.1, 0.15) is 0 Å². The van der Waals surface area contributed by atoms with Crippen LogP contribution in [0.5, 0.6) is 0 Å². The highest BCUT2D eigenvalue weighted by molar-refractivity contribution is 5.94. The molecule has 20 heavy (non-hydrogen) atoms. The summed E-state index contributed by atoms with van der Waals surface area (Å²) in [6.45, 7) is 6.78. The molecule has 3 atom stereocenters. The molecule has 1 N–H and O–H groups in total. The summed E-state index contributed by atoms with van der Waals surface area (Å²) in [5, 5.41) is 14.9. The summed E-state index contributed by atoms with van der Waals surface area (Å²) >= 11 is 0. The van der Waals surface area contributed by atoms with Gasteiger partial charge >= 0.3 is 0 Å². The summed E-state index contributed by atoms with van der Waals surface area (Å²) in [5.74, 6) is 0.187. The lowest BCUT2D eigenvalue weighted by molar-refractivity contribution is -0.254. The van der Waals surface area contributed by atoms with E-state index in [2.05, 4.69) is 32.2 Å². The first-order chi connectivity index (χ1) is 9.41. The molecule has 108 valence electrons. The summed E-state index contributed by atoms with van der Waals surface area (Å²) < 4.78 is 0. The Kier molecular flexibility index (Phi) is 3.03. The van der Waals surface area contributed by atoms with Crippen molar-refractivity contribution >= 4 is 11.7 Å². The van der Waals surface area contributed by atoms with Crippen molar-refractivity contribution in [1.29, 1.82) is 0 Å². The first kappa shape index (κ1) is 13.5. The molecule has 1 aromatic rings. The average molecular weight is 272 g/mol. The average Bonchev–Trinajstić information content (AvgIpc) is 2.37. The van der Waals surface area contributed by atoms with Gasteiger partial charge in [0.05, 0.1) is 5.97 Å². The second-order valence-corrected chi connectivity index (χ2v) is 7.01. The monoisotopic (exact) mass is 272 g/mol. The molecular weight excluding hydrogens is 250 g/mol. The van der Waals surface area contributed by atoms with Crippen LogP contribution in [0.2, 0.25) is 0 Å². The number of hydrogen-bond donors (Lipinski definition) is 1. The molecule has 0 aromatic heterocycles. The fraction of sp³-hybridized carbons (Fsp3) is 0.588. The molecule has 0 spiro atoms. The molecule has 0 amide bonds. The lowest BCUT2D eigenvalue weighted by Crippen LogP contribution is -2.49. The van der Waals surface area contributed by atoms with Gasteiger partial charge < -0.3 is 15.2 Å². The first-order valence-corrected chi connectivity index (χ1v) is 7.52. The topological polar surface area (TPSA) is 52.2 Å². The summed E-state index contributed by atoms with van der Waals surface area (Å²) in [6.07, 6.45) is 3.59. The highest BCUT2D eigenvalue weighted by Crippen LogP contribution is 2.49. The maximum atomic E-state index is 11.4. The van der Waals surface area contributed by atoms with Gasteiger partial charge in [0.2, 0.25) is 0 Å². The fourth-order valence-electron chi connectivity index (χ4n) is 4.20. The highest BCUT2D eigenvalue weighted by Gasteiger charge is 2.44. The standard InChI is InChI=1S/C17H23NO2/c1-10-7-8-12-14(9-10)18-15-11(16(19)20)5-4-6-13(15)17(12,2)3/h4-6,10,12,14,18H,7-9H2,1-3H3,(H,19,20)/p-1/t10-,12-,14-/m1/s1. The molecule has 0 unspecified atom stereocenters. The second kappa shape index (κ2) is 4.51. The van der Waals surface area contributed by atoms with Crippen LogP contribution in [0.3, 0.4) is 0 Å². The second-order valence-electron chi connectivity index (χ2n) is 7.01. The van der Waals surface area contributed by atoms with Crippen molar-refractivity contribution < 1.29 is 9.90 Å². The summed E-state index contributed by atoms with van der Waals surface area (Å²) in [4.78, 5) is 11.4. The molecule has 1 saturated carbocycles. The number of benzene rings is 1. The Hall–Kier alpha value is -1.51. The van der Waals surface area contributed by atoms with E-state index in [-0.39, 0.29) is 5.41 Å². The van der Waals surface area contributed by atoms with E-state index in [1.807, 2.05) is 6.07 Å². The minimum absolute atomic E-state index is 0.0108. The molecule has 1 fully saturated rings. The van der Waals surface area contributed by atoms with Crippen LogP contribution in [0.15, 0.2) is 18.2 Å². The number of rotatable bonds is 1. The van der Waals surface area contributed by atoms with Crippen molar-refractivity contribution in [3.05, 3.63) is 29.3 Å². The SMILES string of the molecule is C[C@@H]1CC[C@@H]2[C@@H](C1)Nc1c(C(=O)[O-])cccc1C2(C)C. The van der Waals surface area contributed by atoms with Crippen LogP contribution < -0.4 is 10.4 Å². The largest absolute Gasteiger partial charge is 0.545 e. The normalized spacial score (nSPS) is 30.9. The Balaban J connectivity index is 2.11. The third-order valence-electron chi connectivity index (χ3n) is 5.35. The van der Waals surface area contributed by atoms with Gasteiger partial charge in [-0.2, -0.15) is 0 Å². The van der Waals surface area contributed by atoms with E-state index < -0.39 is 5.97 Å². The van der Waals surface area contributed by atoms with Crippen LogP contribution in [0, 0.1) is 11.8 Å². The number of fused-ring (bicyclic) bond motifs is 2. The summed E-state index contributed by atoms with van der Waals surface area (Å²) in [7, 11) is 0. The molecule has 1 aliphatic heterocycles. The maximum Gasteiger partial charge on any atom is 0.0736 e. The number of nitrogens with one attached hydrogen (secondary N) is 1. The first-order valence-electron chi connectivity index (χ1n) is 7.52. The third kappa shape index (κ3) is 1.91. The van der Waals surface area contributed by atoms with Crippen molar-refractivity contribution in [2.45, 2.75) is 51.5 Å². The van der Waals surface area contributed by atoms with Crippen LogP contribution in [-0.2, 0) is 5.41 Å². The predicted octanol–water partition coefficient (Wildman–Crippen LogP) is 2.56. The van der Waals surface area contributed by atoms with Crippen molar-refractivity contribution in [2.24, 2.45) is 11.8 Å². The molecule has 3 heteroatoms. The zero-order valence-electron chi connectivity index (χ0n) is 12.4. The zero-order chi connectivity index (χ0) is 14.5. The number of carboxylic acids is 1. The van der Waals surface area contributed by atoms with Crippen LogP contribution in [-0.4, -0.2) is 12.0 Å². The van der Waals surface area contributed by atoms with Crippen LogP contribution in [0.1, 0.15) is 56.0 Å². The zero-order valence-corrected chi connectivity index (χ0v) is 12.4. The maximum absolute atomic E-state index is 11.4. The van der Waals surface area contributed by atoms with Gasteiger partial charge in [0.15, 0.2) is 0 Å². The van der Waals surface area contributed by atoms with E-state index >= 15 is 0 Å². The number of anilines is 1.